The third-order valence-electron chi connectivity index (χ3n) is 10.8. The highest BCUT2D eigenvalue weighted by molar-refractivity contribution is 6.35. The molecule has 3 atom stereocenters. The molecule has 320 valence electrons. The highest BCUT2D eigenvalue weighted by atomic mass is 35.5. The van der Waals surface area contributed by atoms with Gasteiger partial charge < -0.3 is 34.2 Å². The van der Waals surface area contributed by atoms with Crippen LogP contribution in [0.1, 0.15) is 60.1 Å². The predicted molar refractivity (Wildman–Crippen MR) is 215 cm³/mol. The molecule has 1 aromatic heterocycles. The maximum atomic E-state index is 15.3. The maximum absolute atomic E-state index is 15.3. The van der Waals surface area contributed by atoms with Gasteiger partial charge in [-0.3, -0.25) is 14.5 Å². The third kappa shape index (κ3) is 11.5. The zero-order valence-corrected chi connectivity index (χ0v) is 34.1. The number of likely N-dealkylation sites (N-methyl/N-ethyl adjacent to an activating group) is 1. The number of carbonyl (C=O) groups excluding carboxylic acids is 2. The molecule has 3 aromatic carbocycles. The molecule has 1 saturated carbocycles. The minimum Gasteiger partial charge on any atom is -0.619 e. The molecule has 3 saturated heterocycles. The number of piperidine rings is 3. The van der Waals surface area contributed by atoms with Crippen LogP contribution in [0.15, 0.2) is 79.1 Å². The molecule has 1 unspecified atom stereocenters. The van der Waals surface area contributed by atoms with Gasteiger partial charge in [0.2, 0.25) is 0 Å². The highest BCUT2D eigenvalue weighted by Gasteiger charge is 2.39. The second-order valence-electron chi connectivity index (χ2n) is 14.9. The molecule has 12 nitrogen and oxygen atoms in total. The van der Waals surface area contributed by atoms with Gasteiger partial charge >= 0.3 is 18.6 Å². The van der Waals surface area contributed by atoms with Crippen molar-refractivity contribution in [3.63, 3.8) is 0 Å². The van der Waals surface area contributed by atoms with Crippen molar-refractivity contribution in [3.05, 3.63) is 122 Å². The van der Waals surface area contributed by atoms with Crippen LogP contribution in [0.2, 0.25) is 10.0 Å². The zero-order valence-electron chi connectivity index (χ0n) is 32.6. The van der Waals surface area contributed by atoms with Crippen LogP contribution in [0.5, 0.6) is 11.5 Å². The summed E-state index contributed by atoms with van der Waals surface area (Å²) >= 11 is 12.8. The lowest BCUT2D eigenvalue weighted by atomic mass is 9.86. The molecule has 4 aliphatic rings. The van der Waals surface area contributed by atoms with Gasteiger partial charge in [-0.25, -0.2) is 9.18 Å². The Kier molecular flexibility index (Phi) is 15.0. The first-order chi connectivity index (χ1) is 28.8. The van der Waals surface area contributed by atoms with E-state index < -0.39 is 36.5 Å². The van der Waals surface area contributed by atoms with E-state index in [4.69, 9.17) is 52.1 Å². The predicted octanol–water partition coefficient (Wildman–Crippen LogP) is 7.74. The van der Waals surface area contributed by atoms with E-state index in [1.54, 1.807) is 54.4 Å². The van der Waals surface area contributed by atoms with Crippen molar-refractivity contribution in [1.29, 1.82) is 0 Å². The van der Waals surface area contributed by atoms with E-state index in [1.165, 1.54) is 24.3 Å². The minimum absolute atomic E-state index is 0.0357. The van der Waals surface area contributed by atoms with E-state index in [9.17, 15) is 23.6 Å². The summed E-state index contributed by atoms with van der Waals surface area (Å²) in [6.07, 6.45) is 4.40. The number of hydrogen-bond donors (Lipinski definition) is 1. The Bertz CT molecular complexity index is 2120. The normalized spacial score (nSPS) is 19.0. The first kappa shape index (κ1) is 44.3. The number of aromatic nitrogens is 1. The Labute approximate surface area is 354 Å². The molecule has 3 aliphatic heterocycles. The first-order valence-corrected chi connectivity index (χ1v) is 20.1. The van der Waals surface area contributed by atoms with Gasteiger partial charge in [-0.15, -0.1) is 0 Å². The number of rotatable bonds is 16. The lowest BCUT2D eigenvalue weighted by molar-refractivity contribution is -0.605. The van der Waals surface area contributed by atoms with Crippen LogP contribution in [0.4, 0.5) is 18.9 Å². The first-order valence-electron chi connectivity index (χ1n) is 19.4. The van der Waals surface area contributed by atoms with Crippen molar-refractivity contribution in [1.82, 2.24) is 4.90 Å². The molecule has 4 fully saturated rings. The second kappa shape index (κ2) is 20.3. The summed E-state index contributed by atoms with van der Waals surface area (Å²) in [6.45, 7) is -0.460. The van der Waals surface area contributed by atoms with Gasteiger partial charge in [0.1, 0.15) is 28.1 Å². The van der Waals surface area contributed by atoms with Gasteiger partial charge in [-0.05, 0) is 92.1 Å². The Hall–Kier alpha value is -5.25. The number of esters is 2. The quantitative estimate of drug-likeness (QED) is 0.0512. The summed E-state index contributed by atoms with van der Waals surface area (Å²) < 4.78 is 65.1. The number of carboxylic acid groups (broad SMARTS) is 1. The standard InChI is InChI=1S/C42H42Cl2F3N3O7.CH2O2/c1-48(40(30-7-2-3-8-34(30)45)41(52)56-38-23-49-15-13-27(38)14-16-49)29-6-4-5-26(17-29)18-39(51)55-36(20-31-32(43)21-50(53)22-33(31)44)28-11-12-35(57-42(46)47)37(19-28)54-24-25-9-10-25;2-1-3/h2-8,11-12,17,19,21-22,25,27,36,38,40,42H,9-10,13-16,18,20,23-24H2,1H3;1H,(H,2,3)/t36-,38-,40?;/m0./s1. The summed E-state index contributed by atoms with van der Waals surface area (Å²) in [5, 5.41) is 19.0. The fourth-order valence-corrected chi connectivity index (χ4v) is 8.11. The zero-order chi connectivity index (χ0) is 42.9. The van der Waals surface area contributed by atoms with E-state index >= 15 is 4.39 Å². The van der Waals surface area contributed by atoms with Crippen LogP contribution in [0, 0.1) is 22.9 Å². The molecular formula is C43H44Cl2F3N3O9. The van der Waals surface area contributed by atoms with Crippen molar-refractivity contribution < 1.29 is 56.3 Å². The fourth-order valence-electron chi connectivity index (χ4n) is 7.51. The molecule has 0 radical (unpaired) electrons. The number of benzene rings is 3. The molecule has 4 heterocycles. The summed E-state index contributed by atoms with van der Waals surface area (Å²) in [7, 11) is 1.67. The van der Waals surface area contributed by atoms with Crippen LogP contribution in [0.25, 0.3) is 0 Å². The van der Waals surface area contributed by atoms with Crippen molar-refractivity contribution >= 4 is 47.3 Å². The van der Waals surface area contributed by atoms with E-state index in [1.807, 2.05) is 0 Å². The molecule has 0 spiro atoms. The average Bonchev–Trinajstić information content (AvgIpc) is 4.05. The fraction of sp³-hybridized carbons (Fsp3) is 0.395. The number of carbonyl (C=O) groups is 3. The van der Waals surface area contributed by atoms with Gasteiger partial charge in [0.15, 0.2) is 29.9 Å². The van der Waals surface area contributed by atoms with Gasteiger partial charge in [0.05, 0.1) is 13.0 Å². The molecule has 2 bridgehead atoms. The van der Waals surface area contributed by atoms with Crippen molar-refractivity contribution in [2.24, 2.45) is 11.8 Å². The maximum Gasteiger partial charge on any atom is 0.387 e. The van der Waals surface area contributed by atoms with Crippen LogP contribution in [-0.4, -0.2) is 74.4 Å². The number of alkyl halides is 2. The third-order valence-corrected chi connectivity index (χ3v) is 11.4. The molecular weight excluding hydrogens is 830 g/mol. The number of pyridine rings is 1. The van der Waals surface area contributed by atoms with Crippen LogP contribution in [0.3, 0.4) is 0 Å². The number of ether oxygens (including phenoxy) is 4. The number of nitrogens with zero attached hydrogens (tertiary/aromatic N) is 3. The van der Waals surface area contributed by atoms with Crippen molar-refractivity contribution in [2.75, 3.05) is 38.2 Å². The molecule has 4 aromatic rings. The smallest absolute Gasteiger partial charge is 0.387 e. The lowest BCUT2D eigenvalue weighted by Gasteiger charge is -2.44. The number of anilines is 1. The minimum atomic E-state index is -3.10. The Balaban J connectivity index is 0.00000195. The van der Waals surface area contributed by atoms with Crippen LogP contribution < -0.4 is 19.1 Å². The molecule has 8 rings (SSSR count). The van der Waals surface area contributed by atoms with Gasteiger partial charge in [-0.1, -0.05) is 59.6 Å². The highest BCUT2D eigenvalue weighted by Crippen LogP contribution is 2.39. The SMILES string of the molecule is CN(c1cccc(CC(=O)O[C@@H](Cc2c(Cl)c[n+]([O-])cc2Cl)c2ccc(OC(F)F)c(OCC3CC3)c2)c1)C(C(=O)O[C@H]1CN2CCC1CC2)c1ccccc1F.O=CO. The lowest BCUT2D eigenvalue weighted by Crippen LogP contribution is -2.52. The summed E-state index contributed by atoms with van der Waals surface area (Å²) in [6, 6.07) is 16.1. The Morgan fingerprint density at radius 3 is 2.33 bits per heavy atom. The monoisotopic (exact) mass is 873 g/mol. The summed E-state index contributed by atoms with van der Waals surface area (Å²) in [4.78, 5) is 40.0. The Morgan fingerprint density at radius 2 is 1.70 bits per heavy atom. The molecule has 1 N–H and O–H groups in total. The molecule has 1 aliphatic carbocycles. The van der Waals surface area contributed by atoms with Crippen LogP contribution >= 0.6 is 23.2 Å². The van der Waals surface area contributed by atoms with Gasteiger partial charge in [0.25, 0.3) is 6.47 Å². The number of fused-ring (bicyclic) bond motifs is 3. The molecule has 0 amide bonds. The van der Waals surface area contributed by atoms with Crippen LogP contribution in [-0.2, 0) is 36.7 Å². The van der Waals surface area contributed by atoms with E-state index in [0.717, 1.165) is 51.2 Å². The second-order valence-corrected chi connectivity index (χ2v) is 15.7. The van der Waals surface area contributed by atoms with E-state index in [-0.39, 0.29) is 58.4 Å². The topological polar surface area (TPSA) is 142 Å². The summed E-state index contributed by atoms with van der Waals surface area (Å²) in [5.74, 6) is -1.35. The number of hydrogen-bond acceptors (Lipinski definition) is 10. The number of halogens is 5. The van der Waals surface area contributed by atoms with E-state index in [0.29, 0.717) is 46.2 Å². The average molecular weight is 875 g/mol. The Morgan fingerprint density at radius 1 is 1.00 bits per heavy atom. The van der Waals surface area contributed by atoms with Gasteiger partial charge in [0, 0.05) is 36.8 Å². The molecule has 17 heteroatoms. The van der Waals surface area contributed by atoms with Gasteiger partial charge in [-0.2, -0.15) is 13.5 Å². The van der Waals surface area contributed by atoms with Crippen molar-refractivity contribution in [3.8, 4) is 11.5 Å². The summed E-state index contributed by atoms with van der Waals surface area (Å²) in [5.41, 5.74) is 1.91. The molecule has 60 heavy (non-hydrogen) atoms. The largest absolute Gasteiger partial charge is 0.619 e. The van der Waals surface area contributed by atoms with E-state index in [2.05, 4.69) is 4.90 Å². The van der Waals surface area contributed by atoms with Crippen molar-refractivity contribution in [2.45, 2.75) is 63.4 Å².